The molecule has 0 saturated carbocycles. The monoisotopic (exact) mass is 267 g/mol. The molecule has 0 atom stereocenters. The minimum Gasteiger partial charge on any atom is -0.345 e. The molecule has 0 aliphatic carbocycles. The molecule has 1 aromatic heterocycles. The van der Waals surface area contributed by atoms with E-state index < -0.39 is 0 Å². The molecule has 0 aliphatic rings. The molecule has 0 aliphatic heterocycles. The van der Waals surface area contributed by atoms with Gasteiger partial charge in [0.1, 0.15) is 5.82 Å². The van der Waals surface area contributed by atoms with Crippen LogP contribution in [0, 0.1) is 0 Å². The first kappa shape index (κ1) is 11.9. The quantitative estimate of drug-likeness (QED) is 0.847. The number of pyridine rings is 1. The first-order chi connectivity index (χ1) is 7.22. The summed E-state index contributed by atoms with van der Waals surface area (Å²) in [4.78, 5) is 8.37. The second-order valence-corrected chi connectivity index (χ2v) is 3.96. The Kier molecular flexibility index (Phi) is 5.04. The highest BCUT2D eigenvalue weighted by atomic mass is 79.9. The number of hydrogen-bond donors (Lipinski definition) is 1. The van der Waals surface area contributed by atoms with Crippen LogP contribution in [0.4, 0.5) is 5.82 Å². The van der Waals surface area contributed by atoms with E-state index in [0.29, 0.717) is 0 Å². The lowest BCUT2D eigenvalue weighted by molar-refractivity contribution is 1.25. The molecule has 0 fully saturated rings. The molecule has 1 rings (SSSR count). The molecular formula is C11H14BrN3. The van der Waals surface area contributed by atoms with Crippen molar-refractivity contribution in [2.45, 2.75) is 20.3 Å². The van der Waals surface area contributed by atoms with E-state index in [1.165, 1.54) is 0 Å². The van der Waals surface area contributed by atoms with E-state index in [-0.39, 0.29) is 0 Å². The van der Waals surface area contributed by atoms with Crippen LogP contribution in [-0.4, -0.2) is 10.7 Å². The predicted molar refractivity (Wildman–Crippen MR) is 68.1 cm³/mol. The number of anilines is 1. The summed E-state index contributed by atoms with van der Waals surface area (Å²) in [5.41, 5.74) is 1.11. The van der Waals surface area contributed by atoms with Crippen molar-refractivity contribution >= 4 is 27.5 Å². The standard InChI is InChI=1S/C11H14BrN3/c1-3-9(2)13-6-7-14-11-5-4-10(12)8-15-11/h4-8H,3H2,1-2H3,(H,14,15)/b7-6-,13-9-. The van der Waals surface area contributed by atoms with Crippen LogP contribution in [0.15, 0.2) is 40.2 Å². The number of nitrogens with zero attached hydrogens (tertiary/aromatic N) is 2. The summed E-state index contributed by atoms with van der Waals surface area (Å²) in [6.45, 7) is 4.08. The van der Waals surface area contributed by atoms with Gasteiger partial charge in [-0.25, -0.2) is 4.98 Å². The van der Waals surface area contributed by atoms with Crippen molar-refractivity contribution in [3.8, 4) is 0 Å². The average molecular weight is 268 g/mol. The number of aromatic nitrogens is 1. The molecule has 0 amide bonds. The van der Waals surface area contributed by atoms with Crippen LogP contribution in [0.2, 0.25) is 0 Å². The summed E-state index contributed by atoms with van der Waals surface area (Å²) in [6, 6.07) is 3.83. The first-order valence-electron chi connectivity index (χ1n) is 4.78. The second-order valence-electron chi connectivity index (χ2n) is 3.04. The third-order valence-corrected chi connectivity index (χ3v) is 2.31. The summed E-state index contributed by atoms with van der Waals surface area (Å²) in [6.07, 6.45) is 6.23. The Labute approximate surface area is 98.5 Å². The maximum Gasteiger partial charge on any atom is 0.129 e. The van der Waals surface area contributed by atoms with Gasteiger partial charge in [-0.2, -0.15) is 0 Å². The van der Waals surface area contributed by atoms with Crippen molar-refractivity contribution in [1.82, 2.24) is 4.98 Å². The Hall–Kier alpha value is -1.16. The van der Waals surface area contributed by atoms with Gasteiger partial charge < -0.3 is 5.32 Å². The number of nitrogens with one attached hydrogen (secondary N) is 1. The van der Waals surface area contributed by atoms with Gasteiger partial charge >= 0.3 is 0 Å². The largest absolute Gasteiger partial charge is 0.345 e. The van der Waals surface area contributed by atoms with Crippen LogP contribution >= 0.6 is 15.9 Å². The SMILES string of the molecule is CC/C(C)=N\C=C/Nc1ccc(Br)cn1. The fourth-order valence-corrected chi connectivity index (χ4v) is 1.07. The lowest BCUT2D eigenvalue weighted by Crippen LogP contribution is -1.90. The molecule has 3 nitrogen and oxygen atoms in total. The van der Waals surface area contributed by atoms with Crippen molar-refractivity contribution in [1.29, 1.82) is 0 Å². The normalized spacial score (nSPS) is 12.1. The minimum atomic E-state index is 0.804. The van der Waals surface area contributed by atoms with E-state index in [4.69, 9.17) is 0 Å². The summed E-state index contributed by atoms with van der Waals surface area (Å²) < 4.78 is 0.969. The molecule has 1 heterocycles. The molecule has 15 heavy (non-hydrogen) atoms. The zero-order valence-electron chi connectivity index (χ0n) is 8.87. The molecule has 4 heteroatoms. The molecule has 1 aromatic rings. The van der Waals surface area contributed by atoms with Crippen LogP contribution in [0.3, 0.4) is 0 Å². The highest BCUT2D eigenvalue weighted by molar-refractivity contribution is 9.10. The van der Waals surface area contributed by atoms with Gasteiger partial charge in [0.25, 0.3) is 0 Å². The van der Waals surface area contributed by atoms with Gasteiger partial charge in [0, 0.05) is 28.8 Å². The van der Waals surface area contributed by atoms with E-state index in [9.17, 15) is 0 Å². The highest BCUT2D eigenvalue weighted by Gasteiger charge is 1.89. The Morgan fingerprint density at radius 1 is 1.60 bits per heavy atom. The van der Waals surface area contributed by atoms with Gasteiger partial charge in [-0.05, 0) is 41.4 Å². The molecule has 0 radical (unpaired) electrons. The van der Waals surface area contributed by atoms with Crippen LogP contribution in [0.5, 0.6) is 0 Å². The maximum absolute atomic E-state index is 4.21. The Morgan fingerprint density at radius 2 is 2.40 bits per heavy atom. The molecular weight excluding hydrogens is 254 g/mol. The summed E-state index contributed by atoms with van der Waals surface area (Å²) in [5, 5.41) is 3.03. The summed E-state index contributed by atoms with van der Waals surface area (Å²) >= 11 is 3.33. The van der Waals surface area contributed by atoms with Crippen molar-refractivity contribution in [2.75, 3.05) is 5.32 Å². The van der Waals surface area contributed by atoms with Gasteiger partial charge in [0.2, 0.25) is 0 Å². The smallest absolute Gasteiger partial charge is 0.129 e. The topological polar surface area (TPSA) is 37.3 Å². The molecule has 0 unspecified atom stereocenters. The molecule has 0 bridgehead atoms. The van der Waals surface area contributed by atoms with Crippen molar-refractivity contribution in [2.24, 2.45) is 4.99 Å². The van der Waals surface area contributed by atoms with Gasteiger partial charge in [-0.1, -0.05) is 6.92 Å². The Morgan fingerprint density at radius 3 is 3.00 bits per heavy atom. The van der Waals surface area contributed by atoms with Crippen LogP contribution < -0.4 is 5.32 Å². The molecule has 1 N–H and O–H groups in total. The summed E-state index contributed by atoms with van der Waals surface area (Å²) in [5.74, 6) is 0.804. The third-order valence-electron chi connectivity index (χ3n) is 1.84. The summed E-state index contributed by atoms with van der Waals surface area (Å²) in [7, 11) is 0. The number of halogens is 1. The zero-order chi connectivity index (χ0) is 11.1. The molecule has 80 valence electrons. The fraction of sp³-hybridized carbons (Fsp3) is 0.273. The van der Waals surface area contributed by atoms with Gasteiger partial charge in [-0.3, -0.25) is 4.99 Å². The van der Waals surface area contributed by atoms with E-state index in [0.717, 1.165) is 22.4 Å². The lowest BCUT2D eigenvalue weighted by atomic mass is 10.3. The zero-order valence-corrected chi connectivity index (χ0v) is 10.5. The minimum absolute atomic E-state index is 0.804. The average Bonchev–Trinajstić information content (AvgIpc) is 2.26. The third kappa shape index (κ3) is 4.74. The van der Waals surface area contributed by atoms with Crippen LogP contribution in [0.1, 0.15) is 20.3 Å². The fourth-order valence-electron chi connectivity index (χ4n) is 0.840. The lowest BCUT2D eigenvalue weighted by Gasteiger charge is -1.98. The number of rotatable bonds is 4. The predicted octanol–water partition coefficient (Wildman–Crippen LogP) is 3.60. The Balaban J connectivity index is 2.47. The first-order valence-corrected chi connectivity index (χ1v) is 5.58. The van der Waals surface area contributed by atoms with E-state index in [2.05, 4.69) is 38.1 Å². The van der Waals surface area contributed by atoms with E-state index in [1.807, 2.05) is 19.1 Å². The molecule has 0 spiro atoms. The van der Waals surface area contributed by atoms with Gasteiger partial charge in [0.05, 0.1) is 0 Å². The van der Waals surface area contributed by atoms with Crippen LogP contribution in [-0.2, 0) is 0 Å². The maximum atomic E-state index is 4.21. The number of hydrogen-bond acceptors (Lipinski definition) is 3. The van der Waals surface area contributed by atoms with Crippen molar-refractivity contribution < 1.29 is 0 Å². The highest BCUT2D eigenvalue weighted by Crippen LogP contribution is 2.10. The second kappa shape index (κ2) is 6.35. The number of aliphatic imine (C=N–C) groups is 1. The van der Waals surface area contributed by atoms with Crippen molar-refractivity contribution in [3.05, 3.63) is 35.2 Å². The van der Waals surface area contributed by atoms with Crippen LogP contribution in [0.25, 0.3) is 0 Å². The molecule has 0 aromatic carbocycles. The molecule has 0 saturated heterocycles. The van der Waals surface area contributed by atoms with Gasteiger partial charge in [-0.15, -0.1) is 0 Å². The van der Waals surface area contributed by atoms with E-state index >= 15 is 0 Å². The van der Waals surface area contributed by atoms with E-state index in [1.54, 1.807) is 18.6 Å². The Bertz CT molecular complexity index is 355. The van der Waals surface area contributed by atoms with Crippen molar-refractivity contribution in [3.63, 3.8) is 0 Å². The van der Waals surface area contributed by atoms with Gasteiger partial charge in [0.15, 0.2) is 0 Å².